The van der Waals surface area contributed by atoms with Crippen LogP contribution in [0.25, 0.3) is 0 Å². The van der Waals surface area contributed by atoms with Gasteiger partial charge in [-0.05, 0) is 58.3 Å². The van der Waals surface area contributed by atoms with E-state index in [0.717, 1.165) is 12.8 Å². The third-order valence-corrected chi connectivity index (χ3v) is 5.40. The Bertz CT molecular complexity index is 401. The molecule has 0 aromatic rings. The van der Waals surface area contributed by atoms with Crippen LogP contribution in [0.15, 0.2) is 0 Å². The highest BCUT2D eigenvalue weighted by Crippen LogP contribution is 2.57. The van der Waals surface area contributed by atoms with Crippen LogP contribution in [-0.2, 0) is 14.3 Å². The van der Waals surface area contributed by atoms with Gasteiger partial charge in [-0.1, -0.05) is 6.92 Å². The van der Waals surface area contributed by atoms with Crippen LogP contribution in [0.5, 0.6) is 0 Å². The number of carbonyl (C=O) groups is 2. The number of carboxylic acid groups (broad SMARTS) is 1. The summed E-state index contributed by atoms with van der Waals surface area (Å²) in [5.74, 6) is -0.483. The van der Waals surface area contributed by atoms with Crippen molar-refractivity contribution in [2.75, 3.05) is 0 Å². The lowest BCUT2D eigenvalue weighted by Crippen LogP contribution is -2.39. The summed E-state index contributed by atoms with van der Waals surface area (Å²) in [7, 11) is 0. The minimum Gasteiger partial charge on any atom is -0.481 e. The highest BCUT2D eigenvalue weighted by atomic mass is 16.5. The normalized spacial score (nSPS) is 37.4. The maximum atomic E-state index is 12.1. The summed E-state index contributed by atoms with van der Waals surface area (Å²) in [5, 5.41) is 9.32. The fraction of sp³-hybridized carbons (Fsp3) is 0.867. The van der Waals surface area contributed by atoms with Crippen molar-refractivity contribution in [3.63, 3.8) is 0 Å². The first-order valence-electron chi connectivity index (χ1n) is 7.15. The third kappa shape index (κ3) is 2.26. The Kier molecular flexibility index (Phi) is 3.40. The molecule has 0 heterocycles. The summed E-state index contributed by atoms with van der Waals surface area (Å²) in [5.41, 5.74) is -1.06. The van der Waals surface area contributed by atoms with Crippen molar-refractivity contribution in [3.8, 4) is 0 Å². The average Bonchev–Trinajstić information content (AvgIpc) is 2.86. The van der Waals surface area contributed by atoms with E-state index in [1.54, 1.807) is 0 Å². The topological polar surface area (TPSA) is 63.6 Å². The molecule has 2 aliphatic rings. The lowest BCUT2D eigenvalue weighted by Gasteiger charge is -2.34. The van der Waals surface area contributed by atoms with E-state index in [4.69, 9.17) is 4.74 Å². The number of hydrogen-bond donors (Lipinski definition) is 1. The zero-order valence-electron chi connectivity index (χ0n) is 12.2. The van der Waals surface area contributed by atoms with E-state index in [1.165, 1.54) is 0 Å². The van der Waals surface area contributed by atoms with Crippen molar-refractivity contribution < 1.29 is 19.4 Å². The van der Waals surface area contributed by atoms with Crippen molar-refractivity contribution in [1.29, 1.82) is 0 Å². The van der Waals surface area contributed by atoms with Gasteiger partial charge in [0.15, 0.2) is 0 Å². The Morgan fingerprint density at radius 3 is 2.42 bits per heavy atom. The molecule has 2 saturated carbocycles. The van der Waals surface area contributed by atoms with Gasteiger partial charge in [0, 0.05) is 0 Å². The minimum atomic E-state index is -0.710. The van der Waals surface area contributed by atoms with Crippen LogP contribution in [0.2, 0.25) is 0 Å². The first kappa shape index (κ1) is 14.4. The molecule has 0 aromatic heterocycles. The van der Waals surface area contributed by atoms with Gasteiger partial charge in [-0.2, -0.15) is 0 Å². The highest BCUT2D eigenvalue weighted by molar-refractivity contribution is 5.77. The van der Waals surface area contributed by atoms with E-state index in [0.29, 0.717) is 12.8 Å². The number of rotatable bonds is 4. The molecule has 0 aromatic carbocycles. The summed E-state index contributed by atoms with van der Waals surface area (Å²) in [4.78, 5) is 23.4. The molecule has 1 N–H and O–H groups in total. The Hall–Kier alpha value is -1.06. The molecule has 0 radical (unpaired) electrons. The molecule has 4 unspecified atom stereocenters. The van der Waals surface area contributed by atoms with Gasteiger partial charge in [0.25, 0.3) is 0 Å². The maximum absolute atomic E-state index is 12.1. The molecule has 108 valence electrons. The van der Waals surface area contributed by atoms with Crippen LogP contribution in [-0.4, -0.2) is 23.1 Å². The average molecular weight is 268 g/mol. The molecule has 0 amide bonds. The van der Waals surface area contributed by atoms with Gasteiger partial charge in [0.05, 0.1) is 10.8 Å². The predicted octanol–water partition coefficient (Wildman–Crippen LogP) is 2.86. The summed E-state index contributed by atoms with van der Waals surface area (Å²) in [6.45, 7) is 7.59. The van der Waals surface area contributed by atoms with Crippen LogP contribution >= 0.6 is 0 Å². The molecule has 4 heteroatoms. The van der Waals surface area contributed by atoms with Gasteiger partial charge in [0.2, 0.25) is 0 Å². The van der Waals surface area contributed by atoms with Gasteiger partial charge in [0.1, 0.15) is 6.10 Å². The van der Waals surface area contributed by atoms with Crippen molar-refractivity contribution >= 4 is 11.9 Å². The number of hydrogen-bond acceptors (Lipinski definition) is 3. The Morgan fingerprint density at radius 2 is 2.00 bits per heavy atom. The van der Waals surface area contributed by atoms with E-state index in [-0.39, 0.29) is 23.9 Å². The lowest BCUT2D eigenvalue weighted by molar-refractivity contribution is -0.165. The second-order valence-electron chi connectivity index (χ2n) is 7.04. The number of carboxylic acids is 1. The molecule has 2 aliphatic carbocycles. The van der Waals surface area contributed by atoms with E-state index >= 15 is 0 Å². The number of ether oxygens (including phenoxy) is 1. The zero-order chi connectivity index (χ0) is 14.4. The predicted molar refractivity (Wildman–Crippen MR) is 70.5 cm³/mol. The molecular formula is C15H24O4. The van der Waals surface area contributed by atoms with E-state index < -0.39 is 16.8 Å². The molecular weight excluding hydrogens is 244 g/mol. The van der Waals surface area contributed by atoms with Crippen LogP contribution in [0, 0.1) is 22.7 Å². The van der Waals surface area contributed by atoms with Gasteiger partial charge in [-0.15, -0.1) is 0 Å². The Morgan fingerprint density at radius 1 is 1.37 bits per heavy atom. The van der Waals surface area contributed by atoms with Crippen LogP contribution < -0.4 is 0 Å². The second-order valence-corrected chi connectivity index (χ2v) is 7.04. The van der Waals surface area contributed by atoms with Crippen molar-refractivity contribution in [1.82, 2.24) is 0 Å². The number of esters is 1. The largest absolute Gasteiger partial charge is 0.481 e. The summed E-state index contributed by atoms with van der Waals surface area (Å²) < 4.78 is 5.64. The molecule has 2 rings (SSSR count). The maximum Gasteiger partial charge on any atom is 0.311 e. The molecule has 4 nitrogen and oxygen atoms in total. The van der Waals surface area contributed by atoms with E-state index in [9.17, 15) is 14.7 Å². The first-order valence-corrected chi connectivity index (χ1v) is 7.15. The quantitative estimate of drug-likeness (QED) is 0.796. The smallest absolute Gasteiger partial charge is 0.311 e. The monoisotopic (exact) mass is 268 g/mol. The molecule has 0 spiro atoms. The zero-order valence-corrected chi connectivity index (χ0v) is 12.2. The SMILES string of the molecule is CCC(C)(C)C(=O)OC1CC2CC1CC2(C)C(=O)O. The van der Waals surface area contributed by atoms with Crippen LogP contribution in [0.4, 0.5) is 0 Å². The molecule has 0 saturated heterocycles. The molecule has 19 heavy (non-hydrogen) atoms. The standard InChI is InChI=1S/C15H24O4/c1-5-14(2,3)13(18)19-11-7-10-6-9(11)8-15(10,4)12(16)17/h9-11H,5-8H2,1-4H3,(H,16,17). The lowest BCUT2D eigenvalue weighted by atomic mass is 9.74. The summed E-state index contributed by atoms with van der Waals surface area (Å²) >= 11 is 0. The molecule has 4 atom stereocenters. The number of carbonyl (C=O) groups excluding carboxylic acids is 1. The van der Waals surface area contributed by atoms with Crippen molar-refractivity contribution in [2.45, 2.75) is 59.5 Å². The van der Waals surface area contributed by atoms with E-state index in [2.05, 4.69) is 0 Å². The van der Waals surface area contributed by atoms with E-state index in [1.807, 2.05) is 27.7 Å². The fourth-order valence-electron chi connectivity index (χ4n) is 3.38. The van der Waals surface area contributed by atoms with Crippen LogP contribution in [0.1, 0.15) is 53.4 Å². The number of fused-ring (bicyclic) bond motifs is 2. The number of aliphatic carboxylic acids is 1. The summed E-state index contributed by atoms with van der Waals surface area (Å²) in [6, 6.07) is 0. The molecule has 2 bridgehead atoms. The second kappa shape index (κ2) is 4.50. The highest BCUT2D eigenvalue weighted by Gasteiger charge is 2.57. The van der Waals surface area contributed by atoms with Gasteiger partial charge in [-0.3, -0.25) is 9.59 Å². The summed E-state index contributed by atoms with van der Waals surface area (Å²) in [6.07, 6.45) is 2.90. The fourth-order valence-corrected chi connectivity index (χ4v) is 3.38. The molecule has 0 aliphatic heterocycles. The van der Waals surface area contributed by atoms with Crippen molar-refractivity contribution in [2.24, 2.45) is 22.7 Å². The van der Waals surface area contributed by atoms with Gasteiger partial charge in [-0.25, -0.2) is 0 Å². The van der Waals surface area contributed by atoms with Crippen molar-refractivity contribution in [3.05, 3.63) is 0 Å². The first-order chi connectivity index (χ1) is 8.70. The molecule has 2 fully saturated rings. The van der Waals surface area contributed by atoms with Gasteiger partial charge < -0.3 is 9.84 Å². The van der Waals surface area contributed by atoms with Gasteiger partial charge >= 0.3 is 11.9 Å². The Balaban J connectivity index is 1.99. The third-order valence-electron chi connectivity index (χ3n) is 5.40. The Labute approximate surface area is 114 Å². The minimum absolute atomic E-state index is 0.0734. The van der Waals surface area contributed by atoms with Crippen LogP contribution in [0.3, 0.4) is 0 Å².